The van der Waals surface area contributed by atoms with Gasteiger partial charge in [0.1, 0.15) is 0 Å². The first kappa shape index (κ1) is 11.1. The molecule has 1 heterocycles. The topological polar surface area (TPSA) is 50.9 Å². The standard InChI is InChI=1S/C11H19N3/c1-11(2,12)6-8-13-9-10-5-3-4-7-14-10/h3-5,7,13H,6,8-9,12H2,1-2H3. The highest BCUT2D eigenvalue weighted by atomic mass is 14.9. The van der Waals surface area contributed by atoms with E-state index in [9.17, 15) is 0 Å². The summed E-state index contributed by atoms with van der Waals surface area (Å²) in [5.41, 5.74) is 6.84. The summed E-state index contributed by atoms with van der Waals surface area (Å²) < 4.78 is 0. The molecule has 0 aliphatic rings. The quantitative estimate of drug-likeness (QED) is 0.693. The molecule has 0 fully saturated rings. The fourth-order valence-corrected chi connectivity index (χ4v) is 1.13. The molecule has 1 aromatic heterocycles. The smallest absolute Gasteiger partial charge is 0.0541 e. The summed E-state index contributed by atoms with van der Waals surface area (Å²) >= 11 is 0. The molecule has 0 radical (unpaired) electrons. The van der Waals surface area contributed by atoms with Gasteiger partial charge in [-0.1, -0.05) is 6.07 Å². The summed E-state index contributed by atoms with van der Waals surface area (Å²) in [7, 11) is 0. The van der Waals surface area contributed by atoms with Gasteiger partial charge in [0, 0.05) is 18.3 Å². The van der Waals surface area contributed by atoms with Crippen LogP contribution in [0.2, 0.25) is 0 Å². The molecule has 0 aromatic carbocycles. The Kier molecular flexibility index (Phi) is 4.04. The average molecular weight is 193 g/mol. The van der Waals surface area contributed by atoms with Crippen molar-refractivity contribution >= 4 is 0 Å². The van der Waals surface area contributed by atoms with Crippen molar-refractivity contribution in [2.75, 3.05) is 6.54 Å². The highest BCUT2D eigenvalue weighted by Gasteiger charge is 2.08. The molecule has 1 rings (SSSR count). The van der Waals surface area contributed by atoms with Gasteiger partial charge in [-0.25, -0.2) is 0 Å². The third-order valence-electron chi connectivity index (χ3n) is 1.98. The van der Waals surface area contributed by atoms with Crippen molar-refractivity contribution in [3.05, 3.63) is 30.1 Å². The molecule has 14 heavy (non-hydrogen) atoms. The fourth-order valence-electron chi connectivity index (χ4n) is 1.13. The molecule has 1 aromatic rings. The van der Waals surface area contributed by atoms with Crippen LogP contribution in [0.1, 0.15) is 26.0 Å². The van der Waals surface area contributed by atoms with Gasteiger partial charge in [0.15, 0.2) is 0 Å². The molecule has 0 aliphatic heterocycles. The van der Waals surface area contributed by atoms with Gasteiger partial charge in [-0.05, 0) is 38.9 Å². The highest BCUT2D eigenvalue weighted by molar-refractivity contribution is 5.02. The maximum Gasteiger partial charge on any atom is 0.0541 e. The number of aromatic nitrogens is 1. The Morgan fingerprint density at radius 3 is 2.79 bits per heavy atom. The molecule has 0 saturated carbocycles. The molecule has 0 amide bonds. The maximum absolute atomic E-state index is 5.86. The molecule has 3 nitrogen and oxygen atoms in total. The summed E-state index contributed by atoms with van der Waals surface area (Å²) in [5, 5.41) is 3.32. The number of hydrogen-bond donors (Lipinski definition) is 2. The van der Waals surface area contributed by atoms with Crippen LogP contribution in [-0.2, 0) is 6.54 Å². The van der Waals surface area contributed by atoms with Crippen molar-refractivity contribution in [2.24, 2.45) is 5.73 Å². The van der Waals surface area contributed by atoms with E-state index in [0.717, 1.165) is 25.2 Å². The summed E-state index contributed by atoms with van der Waals surface area (Å²) in [5.74, 6) is 0. The lowest BCUT2D eigenvalue weighted by Gasteiger charge is -2.18. The Hall–Kier alpha value is -0.930. The third-order valence-corrected chi connectivity index (χ3v) is 1.98. The number of rotatable bonds is 5. The second kappa shape index (κ2) is 5.08. The second-order valence-electron chi connectivity index (χ2n) is 4.24. The van der Waals surface area contributed by atoms with E-state index in [0.29, 0.717) is 0 Å². The van der Waals surface area contributed by atoms with Gasteiger partial charge >= 0.3 is 0 Å². The van der Waals surface area contributed by atoms with Crippen molar-refractivity contribution in [2.45, 2.75) is 32.4 Å². The van der Waals surface area contributed by atoms with Crippen LogP contribution in [0.25, 0.3) is 0 Å². The van der Waals surface area contributed by atoms with Crippen LogP contribution in [-0.4, -0.2) is 17.1 Å². The van der Waals surface area contributed by atoms with E-state index >= 15 is 0 Å². The van der Waals surface area contributed by atoms with E-state index in [2.05, 4.69) is 10.3 Å². The molecule has 0 bridgehead atoms. The van der Waals surface area contributed by atoms with E-state index < -0.39 is 0 Å². The van der Waals surface area contributed by atoms with Crippen molar-refractivity contribution in [3.8, 4) is 0 Å². The lowest BCUT2D eigenvalue weighted by Crippen LogP contribution is -2.35. The number of nitrogens with two attached hydrogens (primary N) is 1. The lowest BCUT2D eigenvalue weighted by molar-refractivity contribution is 0.454. The van der Waals surface area contributed by atoms with E-state index in [1.165, 1.54) is 0 Å². The molecule has 78 valence electrons. The second-order valence-corrected chi connectivity index (χ2v) is 4.24. The van der Waals surface area contributed by atoms with Gasteiger partial charge in [-0.15, -0.1) is 0 Å². The van der Waals surface area contributed by atoms with Crippen LogP contribution in [0, 0.1) is 0 Å². The number of pyridine rings is 1. The van der Waals surface area contributed by atoms with E-state index in [4.69, 9.17) is 5.73 Å². The van der Waals surface area contributed by atoms with Crippen molar-refractivity contribution in [1.82, 2.24) is 10.3 Å². The third kappa shape index (κ3) is 4.94. The van der Waals surface area contributed by atoms with Gasteiger partial charge in [0.05, 0.1) is 5.69 Å². The summed E-state index contributed by atoms with van der Waals surface area (Å²) in [4.78, 5) is 4.22. The van der Waals surface area contributed by atoms with Gasteiger partial charge in [0.25, 0.3) is 0 Å². The number of nitrogens with zero attached hydrogens (tertiary/aromatic N) is 1. The molecule has 0 saturated heterocycles. The Bertz CT molecular complexity index is 251. The summed E-state index contributed by atoms with van der Waals surface area (Å²) in [6, 6.07) is 5.93. The van der Waals surface area contributed by atoms with Crippen LogP contribution in [0.4, 0.5) is 0 Å². The Morgan fingerprint density at radius 2 is 2.21 bits per heavy atom. The molecule has 3 heteroatoms. The normalized spacial score (nSPS) is 11.6. The van der Waals surface area contributed by atoms with E-state index in [-0.39, 0.29) is 5.54 Å². The number of nitrogens with one attached hydrogen (secondary N) is 1. The van der Waals surface area contributed by atoms with Crippen LogP contribution in [0.5, 0.6) is 0 Å². The van der Waals surface area contributed by atoms with Gasteiger partial charge < -0.3 is 11.1 Å². The molecule has 3 N–H and O–H groups in total. The zero-order chi connectivity index (χ0) is 10.4. The largest absolute Gasteiger partial charge is 0.326 e. The first-order valence-corrected chi connectivity index (χ1v) is 4.97. The zero-order valence-electron chi connectivity index (χ0n) is 8.96. The Balaban J connectivity index is 2.17. The van der Waals surface area contributed by atoms with Crippen molar-refractivity contribution in [3.63, 3.8) is 0 Å². The SMILES string of the molecule is CC(C)(N)CCNCc1ccccn1. The van der Waals surface area contributed by atoms with Crippen LogP contribution < -0.4 is 11.1 Å². The van der Waals surface area contributed by atoms with Crippen LogP contribution >= 0.6 is 0 Å². The summed E-state index contributed by atoms with van der Waals surface area (Å²) in [6.07, 6.45) is 2.78. The predicted octanol–water partition coefficient (Wildman–Crippen LogP) is 1.30. The fraction of sp³-hybridized carbons (Fsp3) is 0.545. The molecule has 0 unspecified atom stereocenters. The van der Waals surface area contributed by atoms with E-state index in [1.807, 2.05) is 38.2 Å². The summed E-state index contributed by atoms with van der Waals surface area (Å²) in [6.45, 7) is 5.82. The Labute approximate surface area is 85.7 Å². The molecule has 0 spiro atoms. The van der Waals surface area contributed by atoms with Gasteiger partial charge in [-0.2, -0.15) is 0 Å². The lowest BCUT2D eigenvalue weighted by atomic mass is 10.0. The zero-order valence-corrected chi connectivity index (χ0v) is 8.96. The van der Waals surface area contributed by atoms with Gasteiger partial charge in [0.2, 0.25) is 0 Å². The molecular weight excluding hydrogens is 174 g/mol. The minimum Gasteiger partial charge on any atom is -0.326 e. The van der Waals surface area contributed by atoms with Gasteiger partial charge in [-0.3, -0.25) is 4.98 Å². The number of hydrogen-bond acceptors (Lipinski definition) is 3. The first-order valence-electron chi connectivity index (χ1n) is 4.97. The minimum atomic E-state index is -0.0862. The Morgan fingerprint density at radius 1 is 1.43 bits per heavy atom. The monoisotopic (exact) mass is 193 g/mol. The molecule has 0 aliphatic carbocycles. The predicted molar refractivity (Wildman–Crippen MR) is 58.8 cm³/mol. The minimum absolute atomic E-state index is 0.0862. The van der Waals surface area contributed by atoms with Crippen molar-refractivity contribution < 1.29 is 0 Å². The maximum atomic E-state index is 5.86. The average Bonchev–Trinajstić information content (AvgIpc) is 2.13. The first-order chi connectivity index (χ1) is 6.58. The van der Waals surface area contributed by atoms with E-state index in [1.54, 1.807) is 0 Å². The van der Waals surface area contributed by atoms with Crippen LogP contribution in [0.15, 0.2) is 24.4 Å². The van der Waals surface area contributed by atoms with Crippen LogP contribution in [0.3, 0.4) is 0 Å². The van der Waals surface area contributed by atoms with Crippen molar-refractivity contribution in [1.29, 1.82) is 0 Å². The highest BCUT2D eigenvalue weighted by Crippen LogP contribution is 2.01. The molecular formula is C11H19N3. The molecule has 0 atom stereocenters.